The Kier molecular flexibility index (Phi) is 3.54. The molecular formula is C10H8ClFN4O2S. The van der Waals surface area contributed by atoms with Crippen LogP contribution >= 0.6 is 11.6 Å². The van der Waals surface area contributed by atoms with Crippen LogP contribution in [0.4, 0.5) is 15.8 Å². The lowest BCUT2D eigenvalue weighted by molar-refractivity contribution is 0.571. The Balaban J connectivity index is 2.46. The van der Waals surface area contributed by atoms with Crippen molar-refractivity contribution in [3.05, 3.63) is 41.7 Å². The van der Waals surface area contributed by atoms with Crippen LogP contribution in [0.1, 0.15) is 0 Å². The van der Waals surface area contributed by atoms with Gasteiger partial charge in [0.1, 0.15) is 11.2 Å². The average molecular weight is 303 g/mol. The molecule has 1 aromatic heterocycles. The molecule has 0 unspecified atom stereocenters. The summed E-state index contributed by atoms with van der Waals surface area (Å²) in [5.41, 5.74) is 5.59. The molecule has 1 aromatic carbocycles. The number of hydrogen-bond donors (Lipinski definition) is 2. The fourth-order valence-corrected chi connectivity index (χ4v) is 2.79. The van der Waals surface area contributed by atoms with Gasteiger partial charge in [-0.05, 0) is 12.1 Å². The van der Waals surface area contributed by atoms with Gasteiger partial charge in [-0.15, -0.1) is 0 Å². The number of nitrogens with one attached hydrogen (secondary N) is 1. The van der Waals surface area contributed by atoms with E-state index in [1.54, 1.807) is 0 Å². The number of sulfonamides is 1. The summed E-state index contributed by atoms with van der Waals surface area (Å²) in [4.78, 5) is 6.64. The normalized spacial score (nSPS) is 11.3. The summed E-state index contributed by atoms with van der Waals surface area (Å²) in [6, 6.07) is 2.11. The minimum atomic E-state index is -4.16. The molecule has 0 aliphatic rings. The standard InChI is InChI=1S/C10H8ClFN4O2S/c11-8-1-6(13)2-9(10(8)12)19(17,18)16-7-3-14-5-15-4-7/h1-5,16H,13H2. The van der Waals surface area contributed by atoms with Crippen LogP contribution in [-0.4, -0.2) is 18.4 Å². The van der Waals surface area contributed by atoms with Gasteiger partial charge >= 0.3 is 0 Å². The predicted molar refractivity (Wildman–Crippen MR) is 68.7 cm³/mol. The Labute approximate surface area is 113 Å². The summed E-state index contributed by atoms with van der Waals surface area (Å²) in [5.74, 6) is -1.07. The lowest BCUT2D eigenvalue weighted by atomic mass is 10.3. The molecule has 19 heavy (non-hydrogen) atoms. The van der Waals surface area contributed by atoms with Crippen molar-refractivity contribution in [1.29, 1.82) is 0 Å². The number of nitrogens with zero attached hydrogens (tertiary/aromatic N) is 2. The van der Waals surface area contributed by atoms with E-state index in [1.807, 2.05) is 0 Å². The van der Waals surface area contributed by atoms with E-state index < -0.39 is 20.7 Å². The smallest absolute Gasteiger partial charge is 0.265 e. The first-order valence-corrected chi connectivity index (χ1v) is 6.78. The summed E-state index contributed by atoms with van der Waals surface area (Å²) in [7, 11) is -4.16. The first-order valence-electron chi connectivity index (χ1n) is 4.92. The minimum Gasteiger partial charge on any atom is -0.399 e. The number of nitrogen functional groups attached to an aromatic ring is 1. The fraction of sp³-hybridized carbons (Fsp3) is 0. The molecule has 0 saturated heterocycles. The van der Waals surface area contributed by atoms with E-state index in [9.17, 15) is 12.8 Å². The maximum Gasteiger partial charge on any atom is 0.265 e. The largest absolute Gasteiger partial charge is 0.399 e. The van der Waals surface area contributed by atoms with Crippen LogP contribution in [0.5, 0.6) is 0 Å². The highest BCUT2D eigenvalue weighted by Gasteiger charge is 2.22. The van der Waals surface area contributed by atoms with E-state index in [2.05, 4.69) is 14.7 Å². The van der Waals surface area contributed by atoms with Gasteiger partial charge < -0.3 is 5.73 Å². The molecule has 0 atom stereocenters. The Morgan fingerprint density at radius 3 is 2.53 bits per heavy atom. The van der Waals surface area contributed by atoms with Crippen molar-refractivity contribution < 1.29 is 12.8 Å². The molecule has 0 amide bonds. The number of aromatic nitrogens is 2. The van der Waals surface area contributed by atoms with Crippen LogP contribution in [0.3, 0.4) is 0 Å². The van der Waals surface area contributed by atoms with Crippen LogP contribution in [0, 0.1) is 5.82 Å². The molecule has 2 aromatic rings. The van der Waals surface area contributed by atoms with Gasteiger partial charge in [-0.25, -0.2) is 22.8 Å². The minimum absolute atomic E-state index is 0.0380. The van der Waals surface area contributed by atoms with Gasteiger partial charge in [-0.1, -0.05) is 11.6 Å². The van der Waals surface area contributed by atoms with Crippen LogP contribution in [0.15, 0.2) is 35.7 Å². The molecule has 0 fully saturated rings. The highest BCUT2D eigenvalue weighted by molar-refractivity contribution is 7.92. The van der Waals surface area contributed by atoms with Gasteiger partial charge in [0.15, 0.2) is 5.82 Å². The first-order chi connectivity index (χ1) is 8.90. The van der Waals surface area contributed by atoms with Gasteiger partial charge in [0, 0.05) is 5.69 Å². The Morgan fingerprint density at radius 1 is 1.26 bits per heavy atom. The third-order valence-corrected chi connectivity index (χ3v) is 3.78. The molecule has 100 valence electrons. The average Bonchev–Trinajstić information content (AvgIpc) is 2.34. The Morgan fingerprint density at radius 2 is 1.89 bits per heavy atom. The second-order valence-corrected chi connectivity index (χ2v) is 5.61. The van der Waals surface area contributed by atoms with Gasteiger partial charge in [-0.3, -0.25) is 4.72 Å². The molecule has 2 rings (SSSR count). The van der Waals surface area contributed by atoms with Crippen molar-refractivity contribution in [3.63, 3.8) is 0 Å². The van der Waals surface area contributed by atoms with E-state index in [-0.39, 0.29) is 16.4 Å². The molecule has 9 heteroatoms. The van der Waals surface area contributed by atoms with Crippen molar-refractivity contribution in [2.24, 2.45) is 0 Å². The molecule has 6 nitrogen and oxygen atoms in total. The lowest BCUT2D eigenvalue weighted by Crippen LogP contribution is -2.15. The van der Waals surface area contributed by atoms with E-state index >= 15 is 0 Å². The third kappa shape index (κ3) is 2.91. The van der Waals surface area contributed by atoms with Crippen molar-refractivity contribution in [2.45, 2.75) is 4.90 Å². The van der Waals surface area contributed by atoms with E-state index in [4.69, 9.17) is 17.3 Å². The van der Waals surface area contributed by atoms with E-state index in [1.165, 1.54) is 18.7 Å². The monoisotopic (exact) mass is 302 g/mol. The number of nitrogens with two attached hydrogens (primary N) is 1. The third-order valence-electron chi connectivity index (χ3n) is 2.12. The highest BCUT2D eigenvalue weighted by Crippen LogP contribution is 2.26. The number of halogens is 2. The molecule has 0 spiro atoms. The summed E-state index contributed by atoms with van der Waals surface area (Å²) in [6.45, 7) is 0. The quantitative estimate of drug-likeness (QED) is 0.840. The molecule has 0 radical (unpaired) electrons. The van der Waals surface area contributed by atoms with E-state index in [0.717, 1.165) is 12.1 Å². The molecule has 1 heterocycles. The first kappa shape index (κ1) is 13.5. The van der Waals surface area contributed by atoms with E-state index in [0.29, 0.717) is 0 Å². The lowest BCUT2D eigenvalue weighted by Gasteiger charge is -2.09. The van der Waals surface area contributed by atoms with Crippen LogP contribution in [-0.2, 0) is 10.0 Å². The Bertz CT molecular complexity index is 709. The maximum absolute atomic E-state index is 13.7. The molecule has 0 aliphatic carbocycles. The van der Waals surface area contributed by atoms with Crippen molar-refractivity contribution in [1.82, 2.24) is 9.97 Å². The number of anilines is 2. The predicted octanol–water partition coefficient (Wildman–Crippen LogP) is 1.65. The zero-order valence-corrected chi connectivity index (χ0v) is 10.9. The molecular weight excluding hydrogens is 295 g/mol. The zero-order valence-electron chi connectivity index (χ0n) is 9.34. The van der Waals surface area contributed by atoms with Crippen molar-refractivity contribution >= 4 is 33.0 Å². The summed E-state index contributed by atoms with van der Waals surface area (Å²) in [6.07, 6.45) is 3.70. The molecule has 0 saturated carbocycles. The summed E-state index contributed by atoms with van der Waals surface area (Å²) in [5, 5.41) is -0.371. The second kappa shape index (κ2) is 4.98. The Hall–Kier alpha value is -1.93. The SMILES string of the molecule is Nc1cc(Cl)c(F)c(S(=O)(=O)Nc2cncnc2)c1. The second-order valence-electron chi connectivity index (χ2n) is 3.55. The highest BCUT2D eigenvalue weighted by atomic mass is 35.5. The van der Waals surface area contributed by atoms with Crippen LogP contribution in [0.25, 0.3) is 0 Å². The molecule has 0 bridgehead atoms. The van der Waals surface area contributed by atoms with Gasteiger partial charge in [0.05, 0.1) is 23.1 Å². The van der Waals surface area contributed by atoms with Crippen LogP contribution in [0.2, 0.25) is 5.02 Å². The summed E-state index contributed by atoms with van der Waals surface area (Å²) >= 11 is 5.56. The van der Waals surface area contributed by atoms with Crippen LogP contribution < -0.4 is 10.5 Å². The van der Waals surface area contributed by atoms with Gasteiger partial charge in [0.25, 0.3) is 10.0 Å². The summed E-state index contributed by atoms with van der Waals surface area (Å²) < 4.78 is 39.9. The fourth-order valence-electron chi connectivity index (χ4n) is 1.34. The zero-order chi connectivity index (χ0) is 14.0. The molecule has 0 aliphatic heterocycles. The number of rotatable bonds is 3. The van der Waals surface area contributed by atoms with Crippen molar-refractivity contribution in [3.8, 4) is 0 Å². The number of benzene rings is 1. The number of hydrogen-bond acceptors (Lipinski definition) is 5. The molecule has 3 N–H and O–H groups in total. The van der Waals surface area contributed by atoms with Gasteiger partial charge in [-0.2, -0.15) is 0 Å². The maximum atomic E-state index is 13.7. The van der Waals surface area contributed by atoms with Crippen molar-refractivity contribution in [2.75, 3.05) is 10.5 Å². The van der Waals surface area contributed by atoms with Gasteiger partial charge in [0.2, 0.25) is 0 Å². The topological polar surface area (TPSA) is 98.0 Å².